The molecular weight excluding hydrogens is 460 g/mol. The Bertz CT molecular complexity index is 980. The number of esters is 1. The molecule has 3 aliphatic rings. The molecule has 2 unspecified atom stereocenters. The molecule has 3 amide bonds. The number of fused-ring (bicyclic) bond motifs is 1. The maximum absolute atomic E-state index is 12.9. The third kappa shape index (κ3) is 3.91. The summed E-state index contributed by atoms with van der Waals surface area (Å²) in [6.07, 6.45) is 0.813. The van der Waals surface area contributed by atoms with Gasteiger partial charge < -0.3 is 14.7 Å². The minimum Gasteiger partial charge on any atom is -0.456 e. The van der Waals surface area contributed by atoms with Crippen LogP contribution >= 0.6 is 23.4 Å². The van der Waals surface area contributed by atoms with Crippen LogP contribution in [0.3, 0.4) is 0 Å². The molecule has 0 saturated carbocycles. The quantitative estimate of drug-likeness (QED) is 0.287. The van der Waals surface area contributed by atoms with Gasteiger partial charge in [-0.1, -0.05) is 11.6 Å². The number of amides is 3. The second-order valence-electron chi connectivity index (χ2n) is 8.20. The van der Waals surface area contributed by atoms with Gasteiger partial charge in [0.25, 0.3) is 5.91 Å². The van der Waals surface area contributed by atoms with Gasteiger partial charge in [-0.05, 0) is 37.6 Å². The fourth-order valence-corrected chi connectivity index (χ4v) is 5.77. The Labute approximate surface area is 193 Å². The topological polar surface area (TPSA) is 121 Å². The van der Waals surface area contributed by atoms with E-state index >= 15 is 0 Å². The Balaban J connectivity index is 1.48. The van der Waals surface area contributed by atoms with Crippen molar-refractivity contribution in [3.05, 3.63) is 34.9 Å². The molecule has 0 aliphatic carbocycles. The zero-order valence-corrected chi connectivity index (χ0v) is 18.7. The Hall–Kier alpha value is -2.43. The number of benzene rings is 1. The number of nitrogens with zero attached hydrogens (tertiary/aromatic N) is 2. The lowest BCUT2D eigenvalue weighted by molar-refractivity contribution is -0.185. The molecule has 3 heterocycles. The molecular formula is C21H21ClN2O7S. The molecule has 4 atom stereocenters. The van der Waals surface area contributed by atoms with Crippen LogP contribution in [0, 0.1) is 0 Å². The lowest BCUT2D eigenvalue weighted by Gasteiger charge is -2.58. The zero-order chi connectivity index (χ0) is 23.2. The van der Waals surface area contributed by atoms with Gasteiger partial charge in [-0.2, -0.15) is 0 Å². The number of halogens is 1. The molecule has 1 aromatic carbocycles. The van der Waals surface area contributed by atoms with E-state index < -0.39 is 59.1 Å². The summed E-state index contributed by atoms with van der Waals surface area (Å²) in [5.74, 6) is -2.73. The van der Waals surface area contributed by atoms with E-state index in [1.165, 1.54) is 43.0 Å². The molecule has 11 heteroatoms. The summed E-state index contributed by atoms with van der Waals surface area (Å²) in [5, 5.41) is 10.6. The van der Waals surface area contributed by atoms with Gasteiger partial charge in [-0.3, -0.25) is 24.1 Å². The van der Waals surface area contributed by atoms with Crippen LogP contribution < -0.4 is 0 Å². The number of imide groups is 1. The van der Waals surface area contributed by atoms with Gasteiger partial charge in [0, 0.05) is 29.2 Å². The minimum atomic E-state index is -1.61. The van der Waals surface area contributed by atoms with Crippen molar-refractivity contribution in [2.45, 2.75) is 49.2 Å². The number of aliphatic hydroxyl groups is 1. The van der Waals surface area contributed by atoms with Gasteiger partial charge in [0.15, 0.2) is 18.4 Å². The Kier molecular flexibility index (Phi) is 6.04. The van der Waals surface area contributed by atoms with E-state index in [-0.39, 0.29) is 18.6 Å². The number of ketones is 1. The van der Waals surface area contributed by atoms with Gasteiger partial charge in [0.2, 0.25) is 11.8 Å². The minimum absolute atomic E-state index is 0.0824. The van der Waals surface area contributed by atoms with Crippen LogP contribution in [0.25, 0.3) is 0 Å². The SMILES string of the molecule is C[C@@]1(O)CS[C@H]2C(N3C(=O)CCCC3=O)C(=O)N2C1C(=O)OCC(=O)c1ccc(Cl)cc1. The summed E-state index contributed by atoms with van der Waals surface area (Å²) in [7, 11) is 0. The number of β-lactam (4-membered cyclic amide) rings is 1. The van der Waals surface area contributed by atoms with Gasteiger partial charge in [-0.25, -0.2) is 4.79 Å². The van der Waals surface area contributed by atoms with Crippen molar-refractivity contribution in [1.29, 1.82) is 0 Å². The average Bonchev–Trinajstić information content (AvgIpc) is 2.74. The monoisotopic (exact) mass is 480 g/mol. The number of hydrogen-bond acceptors (Lipinski definition) is 8. The summed E-state index contributed by atoms with van der Waals surface area (Å²) < 4.78 is 5.16. The lowest BCUT2D eigenvalue weighted by Crippen LogP contribution is -2.80. The third-order valence-corrected chi connectivity index (χ3v) is 7.63. The first-order valence-corrected chi connectivity index (χ1v) is 11.5. The van der Waals surface area contributed by atoms with Gasteiger partial charge in [0.1, 0.15) is 17.0 Å². The molecule has 170 valence electrons. The van der Waals surface area contributed by atoms with E-state index in [0.717, 1.165) is 9.80 Å². The number of hydrogen-bond donors (Lipinski definition) is 1. The highest BCUT2D eigenvalue weighted by Gasteiger charge is 2.64. The predicted octanol–water partition coefficient (Wildman–Crippen LogP) is 1.01. The first-order valence-electron chi connectivity index (χ1n) is 10.1. The molecule has 1 aromatic rings. The standard InChI is InChI=1S/C21H21ClN2O7S/c1-21(30)10-32-19-16(23-14(26)3-2-4-15(23)27)18(28)24(19)17(21)20(29)31-9-13(25)11-5-7-12(22)8-6-11/h5-8,16-17,19,30H,2-4,9-10H2,1H3/t16?,17?,19-,21+/m0/s1. The molecule has 1 N–H and O–H groups in total. The van der Waals surface area contributed by atoms with E-state index in [9.17, 15) is 29.1 Å². The number of Topliss-reactive ketones (excluding diaryl/α,β-unsaturated/α-hetero) is 1. The summed E-state index contributed by atoms with van der Waals surface area (Å²) in [6.45, 7) is 0.834. The van der Waals surface area contributed by atoms with Crippen molar-refractivity contribution in [2.75, 3.05) is 12.4 Å². The number of carbonyl (C=O) groups excluding carboxylic acids is 5. The Morgan fingerprint density at radius 2 is 1.81 bits per heavy atom. The second-order valence-corrected chi connectivity index (χ2v) is 9.74. The van der Waals surface area contributed by atoms with Crippen molar-refractivity contribution >= 4 is 52.8 Å². The number of rotatable bonds is 5. The second kappa shape index (κ2) is 8.49. The van der Waals surface area contributed by atoms with Gasteiger partial charge >= 0.3 is 5.97 Å². The van der Waals surface area contributed by atoms with Gasteiger partial charge in [0.05, 0.1) is 0 Å². The molecule has 3 fully saturated rings. The molecule has 0 radical (unpaired) electrons. The van der Waals surface area contributed by atoms with Crippen LogP contribution in [0.4, 0.5) is 0 Å². The van der Waals surface area contributed by atoms with Crippen LogP contribution in [0.2, 0.25) is 5.02 Å². The molecule has 9 nitrogen and oxygen atoms in total. The van der Waals surface area contributed by atoms with Crippen LogP contribution in [0.1, 0.15) is 36.5 Å². The molecule has 0 aromatic heterocycles. The molecule has 3 saturated heterocycles. The largest absolute Gasteiger partial charge is 0.456 e. The molecule has 4 rings (SSSR count). The van der Waals surface area contributed by atoms with Crippen molar-refractivity contribution in [1.82, 2.24) is 9.80 Å². The number of piperidine rings is 1. The summed E-state index contributed by atoms with van der Waals surface area (Å²) in [4.78, 5) is 64.8. The van der Waals surface area contributed by atoms with Crippen molar-refractivity contribution in [3.63, 3.8) is 0 Å². The number of ether oxygens (including phenoxy) is 1. The number of likely N-dealkylation sites (tertiary alicyclic amines) is 1. The highest BCUT2D eigenvalue weighted by molar-refractivity contribution is 8.00. The van der Waals surface area contributed by atoms with E-state index in [1.807, 2.05) is 0 Å². The van der Waals surface area contributed by atoms with Crippen molar-refractivity contribution in [3.8, 4) is 0 Å². The first kappa shape index (κ1) is 22.8. The maximum atomic E-state index is 12.9. The van der Waals surface area contributed by atoms with Crippen LogP contribution in [0.15, 0.2) is 24.3 Å². The van der Waals surface area contributed by atoms with E-state index in [0.29, 0.717) is 17.0 Å². The summed E-state index contributed by atoms with van der Waals surface area (Å²) >= 11 is 7.00. The Morgan fingerprint density at radius 1 is 1.19 bits per heavy atom. The lowest BCUT2D eigenvalue weighted by atomic mass is 9.90. The van der Waals surface area contributed by atoms with E-state index in [1.54, 1.807) is 0 Å². The smallest absolute Gasteiger partial charge is 0.332 e. The summed E-state index contributed by atoms with van der Waals surface area (Å²) in [5.41, 5.74) is -1.31. The highest BCUT2D eigenvalue weighted by Crippen LogP contribution is 2.45. The zero-order valence-electron chi connectivity index (χ0n) is 17.2. The van der Waals surface area contributed by atoms with Crippen LogP contribution in [-0.4, -0.2) is 79.8 Å². The normalized spacial score (nSPS) is 30.0. The van der Waals surface area contributed by atoms with Gasteiger partial charge in [-0.15, -0.1) is 11.8 Å². The predicted molar refractivity (Wildman–Crippen MR) is 114 cm³/mol. The molecule has 32 heavy (non-hydrogen) atoms. The fraction of sp³-hybridized carbons (Fsp3) is 0.476. The Morgan fingerprint density at radius 3 is 2.44 bits per heavy atom. The molecule has 0 bridgehead atoms. The third-order valence-electron chi connectivity index (χ3n) is 5.80. The summed E-state index contributed by atoms with van der Waals surface area (Å²) in [6, 6.07) is 3.71. The molecule has 3 aliphatic heterocycles. The van der Waals surface area contributed by atoms with Crippen molar-refractivity contribution in [2.24, 2.45) is 0 Å². The number of carbonyl (C=O) groups is 5. The first-order chi connectivity index (χ1) is 15.1. The van der Waals surface area contributed by atoms with E-state index in [4.69, 9.17) is 16.3 Å². The fourth-order valence-electron chi connectivity index (χ4n) is 4.17. The number of thioether (sulfide) groups is 1. The van der Waals surface area contributed by atoms with Crippen LogP contribution in [-0.2, 0) is 23.9 Å². The maximum Gasteiger partial charge on any atom is 0.332 e. The van der Waals surface area contributed by atoms with E-state index in [2.05, 4.69) is 0 Å². The average molecular weight is 481 g/mol. The van der Waals surface area contributed by atoms with Crippen LogP contribution in [0.5, 0.6) is 0 Å². The molecule has 0 spiro atoms. The van der Waals surface area contributed by atoms with Crippen molar-refractivity contribution < 1.29 is 33.8 Å². The highest BCUT2D eigenvalue weighted by atomic mass is 35.5.